The summed E-state index contributed by atoms with van der Waals surface area (Å²) in [6.45, 7) is 10.7. The van der Waals surface area contributed by atoms with Gasteiger partial charge < -0.3 is 10.5 Å². The number of rotatable bonds is 7. The molecular weight excluding hydrogens is 262 g/mol. The summed E-state index contributed by atoms with van der Waals surface area (Å²) >= 11 is 0. The van der Waals surface area contributed by atoms with Crippen molar-refractivity contribution >= 4 is 0 Å². The lowest BCUT2D eigenvalue weighted by atomic mass is 10.1. The van der Waals surface area contributed by atoms with Crippen LogP contribution in [0.15, 0.2) is 18.2 Å². The topological polar surface area (TPSA) is 41.7 Å². The Kier molecular flexibility index (Phi) is 6.03. The molecule has 4 nitrogen and oxygen atoms in total. The Bertz CT molecular complexity index is 446. The van der Waals surface area contributed by atoms with Crippen LogP contribution in [0.2, 0.25) is 0 Å². The van der Waals surface area contributed by atoms with E-state index in [0.717, 1.165) is 30.9 Å². The Morgan fingerprint density at radius 1 is 1.33 bits per heavy atom. The molecule has 21 heavy (non-hydrogen) atoms. The maximum atomic E-state index is 5.80. The fraction of sp³-hybridized carbons (Fsp3) is 0.647. The maximum Gasteiger partial charge on any atom is 0.123 e. The van der Waals surface area contributed by atoms with Gasteiger partial charge in [0.2, 0.25) is 0 Å². The SMILES string of the molecule is CCN(CC)C1CCN(Cc2ccc(OC)c(CN)c2)C1. The minimum atomic E-state index is 0.527. The highest BCUT2D eigenvalue weighted by molar-refractivity contribution is 5.37. The molecule has 1 heterocycles. The molecule has 2 N–H and O–H groups in total. The van der Waals surface area contributed by atoms with E-state index in [0.29, 0.717) is 12.6 Å². The third-order valence-electron chi connectivity index (χ3n) is 4.55. The zero-order chi connectivity index (χ0) is 15.2. The average molecular weight is 291 g/mol. The Labute approximate surface area is 128 Å². The molecule has 0 spiro atoms. The number of ether oxygens (including phenoxy) is 1. The van der Waals surface area contributed by atoms with Crippen LogP contribution < -0.4 is 10.5 Å². The summed E-state index contributed by atoms with van der Waals surface area (Å²) in [5, 5.41) is 0. The van der Waals surface area contributed by atoms with Gasteiger partial charge in [-0.3, -0.25) is 9.80 Å². The minimum absolute atomic E-state index is 0.527. The molecule has 1 unspecified atom stereocenters. The van der Waals surface area contributed by atoms with Gasteiger partial charge in [0, 0.05) is 37.8 Å². The van der Waals surface area contributed by atoms with Crippen LogP contribution in [-0.2, 0) is 13.1 Å². The molecule has 0 amide bonds. The van der Waals surface area contributed by atoms with Crippen LogP contribution in [0.1, 0.15) is 31.4 Å². The van der Waals surface area contributed by atoms with Gasteiger partial charge in [-0.1, -0.05) is 19.9 Å². The molecule has 0 radical (unpaired) electrons. The van der Waals surface area contributed by atoms with Gasteiger partial charge in [0.1, 0.15) is 5.75 Å². The van der Waals surface area contributed by atoms with E-state index in [1.54, 1.807) is 7.11 Å². The van der Waals surface area contributed by atoms with Gasteiger partial charge in [-0.2, -0.15) is 0 Å². The molecule has 2 rings (SSSR count). The minimum Gasteiger partial charge on any atom is -0.496 e. The first-order chi connectivity index (χ1) is 10.2. The summed E-state index contributed by atoms with van der Waals surface area (Å²) < 4.78 is 5.34. The molecule has 1 atom stereocenters. The van der Waals surface area contributed by atoms with E-state index in [2.05, 4.69) is 35.8 Å². The fourth-order valence-electron chi connectivity index (χ4n) is 3.34. The summed E-state index contributed by atoms with van der Waals surface area (Å²) in [7, 11) is 1.70. The van der Waals surface area contributed by atoms with E-state index in [9.17, 15) is 0 Å². The molecule has 1 aliphatic heterocycles. The van der Waals surface area contributed by atoms with Gasteiger partial charge in [-0.05, 0) is 37.2 Å². The Morgan fingerprint density at radius 2 is 2.10 bits per heavy atom. The molecule has 0 aromatic heterocycles. The maximum absolute atomic E-state index is 5.80. The highest BCUT2D eigenvalue weighted by atomic mass is 16.5. The van der Waals surface area contributed by atoms with Crippen LogP contribution in [0.5, 0.6) is 5.75 Å². The number of likely N-dealkylation sites (tertiary alicyclic amines) is 1. The molecular formula is C17H29N3O. The molecule has 1 aromatic rings. The van der Waals surface area contributed by atoms with Crippen LogP contribution in [0.25, 0.3) is 0 Å². The van der Waals surface area contributed by atoms with Crippen LogP contribution in [0.4, 0.5) is 0 Å². The van der Waals surface area contributed by atoms with Crippen molar-refractivity contribution in [2.24, 2.45) is 5.73 Å². The highest BCUT2D eigenvalue weighted by Crippen LogP contribution is 2.22. The molecule has 4 heteroatoms. The Morgan fingerprint density at radius 3 is 2.71 bits per heavy atom. The largest absolute Gasteiger partial charge is 0.496 e. The van der Waals surface area contributed by atoms with Crippen molar-refractivity contribution in [1.29, 1.82) is 0 Å². The second-order valence-corrected chi connectivity index (χ2v) is 5.75. The van der Waals surface area contributed by atoms with Gasteiger partial charge in [-0.25, -0.2) is 0 Å². The van der Waals surface area contributed by atoms with Crippen molar-refractivity contribution in [2.75, 3.05) is 33.3 Å². The summed E-state index contributed by atoms with van der Waals surface area (Å²) in [6, 6.07) is 7.09. The lowest BCUT2D eigenvalue weighted by Crippen LogP contribution is -2.37. The molecule has 118 valence electrons. The van der Waals surface area contributed by atoms with E-state index >= 15 is 0 Å². The zero-order valence-electron chi connectivity index (χ0n) is 13.6. The number of hydrogen-bond acceptors (Lipinski definition) is 4. The first-order valence-electron chi connectivity index (χ1n) is 8.04. The first kappa shape index (κ1) is 16.3. The summed E-state index contributed by atoms with van der Waals surface area (Å²) in [6.07, 6.45) is 1.28. The summed E-state index contributed by atoms with van der Waals surface area (Å²) in [5.74, 6) is 0.892. The highest BCUT2D eigenvalue weighted by Gasteiger charge is 2.25. The van der Waals surface area contributed by atoms with E-state index in [-0.39, 0.29) is 0 Å². The quantitative estimate of drug-likeness (QED) is 0.835. The number of benzene rings is 1. The predicted molar refractivity (Wildman–Crippen MR) is 87.5 cm³/mol. The van der Waals surface area contributed by atoms with Crippen LogP contribution >= 0.6 is 0 Å². The van der Waals surface area contributed by atoms with Crippen LogP contribution in [0.3, 0.4) is 0 Å². The van der Waals surface area contributed by atoms with E-state index in [4.69, 9.17) is 10.5 Å². The number of nitrogens with zero attached hydrogens (tertiary/aromatic N) is 2. The first-order valence-corrected chi connectivity index (χ1v) is 8.04. The molecule has 0 bridgehead atoms. The lowest BCUT2D eigenvalue weighted by molar-refractivity contribution is 0.209. The van der Waals surface area contributed by atoms with Gasteiger partial charge in [0.25, 0.3) is 0 Å². The third kappa shape index (κ3) is 3.96. The third-order valence-corrected chi connectivity index (χ3v) is 4.55. The van der Waals surface area contributed by atoms with E-state index in [1.165, 1.54) is 25.1 Å². The fourth-order valence-corrected chi connectivity index (χ4v) is 3.34. The molecule has 1 aromatic carbocycles. The van der Waals surface area contributed by atoms with E-state index in [1.807, 2.05) is 6.07 Å². The standard InChI is InChI=1S/C17H29N3O/c1-4-20(5-2)16-8-9-19(13-16)12-14-6-7-17(21-3)15(10-14)11-18/h6-7,10,16H,4-5,8-9,11-13,18H2,1-3H3. The van der Waals surface area contributed by atoms with Crippen molar-refractivity contribution in [3.8, 4) is 5.75 Å². The number of methoxy groups -OCH3 is 1. The Balaban J connectivity index is 1.97. The van der Waals surface area contributed by atoms with E-state index < -0.39 is 0 Å². The summed E-state index contributed by atoms with van der Waals surface area (Å²) in [5.41, 5.74) is 8.22. The van der Waals surface area contributed by atoms with Crippen LogP contribution in [0, 0.1) is 0 Å². The van der Waals surface area contributed by atoms with Crippen molar-refractivity contribution < 1.29 is 4.74 Å². The van der Waals surface area contributed by atoms with Gasteiger partial charge in [0.05, 0.1) is 7.11 Å². The Hall–Kier alpha value is -1.10. The van der Waals surface area contributed by atoms with Crippen molar-refractivity contribution in [3.05, 3.63) is 29.3 Å². The number of nitrogens with two attached hydrogens (primary N) is 1. The predicted octanol–water partition coefficient (Wildman–Crippen LogP) is 2.07. The lowest BCUT2D eigenvalue weighted by Gasteiger charge is -2.26. The molecule has 0 aliphatic carbocycles. The molecule has 1 aliphatic rings. The summed E-state index contributed by atoms with van der Waals surface area (Å²) in [4.78, 5) is 5.12. The second kappa shape index (κ2) is 7.78. The molecule has 1 saturated heterocycles. The van der Waals surface area contributed by atoms with Crippen molar-refractivity contribution in [3.63, 3.8) is 0 Å². The molecule has 0 saturated carbocycles. The second-order valence-electron chi connectivity index (χ2n) is 5.75. The van der Waals surface area contributed by atoms with Gasteiger partial charge >= 0.3 is 0 Å². The van der Waals surface area contributed by atoms with Crippen LogP contribution in [-0.4, -0.2) is 49.1 Å². The molecule has 1 fully saturated rings. The van der Waals surface area contributed by atoms with Crippen molar-refractivity contribution in [2.45, 2.75) is 39.4 Å². The number of likely N-dealkylation sites (N-methyl/N-ethyl adjacent to an activating group) is 1. The zero-order valence-corrected chi connectivity index (χ0v) is 13.6. The average Bonchev–Trinajstić information content (AvgIpc) is 2.96. The van der Waals surface area contributed by atoms with Gasteiger partial charge in [-0.15, -0.1) is 0 Å². The van der Waals surface area contributed by atoms with Gasteiger partial charge in [0.15, 0.2) is 0 Å². The smallest absolute Gasteiger partial charge is 0.123 e. The van der Waals surface area contributed by atoms with Crippen molar-refractivity contribution in [1.82, 2.24) is 9.80 Å². The number of hydrogen-bond donors (Lipinski definition) is 1. The normalized spacial score (nSPS) is 19.4. The monoisotopic (exact) mass is 291 g/mol.